The molecule has 1 atom stereocenters. The largest absolute Gasteiger partial charge is 0.497 e. The molecule has 4 heteroatoms. The Balaban J connectivity index is 2.06. The average Bonchev–Trinajstić information content (AvgIpc) is 2.49. The molecule has 2 rings (SSSR count). The van der Waals surface area contributed by atoms with Crippen LogP contribution < -0.4 is 10.1 Å². The summed E-state index contributed by atoms with van der Waals surface area (Å²) in [6.07, 6.45) is 3.48. The molecule has 0 saturated carbocycles. The maximum atomic E-state index is 9.26. The summed E-state index contributed by atoms with van der Waals surface area (Å²) >= 11 is 0. The minimum absolute atomic E-state index is 0.358. The lowest BCUT2D eigenvalue weighted by molar-refractivity contribution is 0.413. The highest BCUT2D eigenvalue weighted by Gasteiger charge is 2.10. The molecule has 0 spiro atoms. The summed E-state index contributed by atoms with van der Waals surface area (Å²) in [6, 6.07) is 13.3. The van der Waals surface area contributed by atoms with Crippen LogP contribution in [0.2, 0.25) is 0 Å². The summed E-state index contributed by atoms with van der Waals surface area (Å²) in [4.78, 5) is 3.96. The lowest BCUT2D eigenvalue weighted by Crippen LogP contribution is -2.19. The molecule has 0 fully saturated rings. The third-order valence-electron chi connectivity index (χ3n) is 2.82. The number of nitrogens with one attached hydrogen (secondary N) is 1. The molecular weight excluding hydrogens is 238 g/mol. The Morgan fingerprint density at radius 1 is 1.32 bits per heavy atom. The van der Waals surface area contributed by atoms with E-state index < -0.39 is 0 Å². The van der Waals surface area contributed by atoms with E-state index in [2.05, 4.69) is 16.4 Å². The molecule has 96 valence electrons. The second-order valence-electron chi connectivity index (χ2n) is 4.08. The number of benzene rings is 1. The Bertz CT molecular complexity index is 563. The van der Waals surface area contributed by atoms with Gasteiger partial charge in [-0.05, 0) is 35.4 Å². The standard InChI is InChI=1S/C15H15N3O/c1-19-14-4-2-3-13(9-14)15(10-16)18-11-12-5-7-17-8-6-12/h2-9,15,18H,11H2,1H3. The molecule has 4 nitrogen and oxygen atoms in total. The third-order valence-corrected chi connectivity index (χ3v) is 2.82. The molecule has 1 aromatic heterocycles. The number of nitrogens with zero attached hydrogens (tertiary/aromatic N) is 2. The molecule has 0 aliphatic rings. The lowest BCUT2D eigenvalue weighted by Gasteiger charge is -2.12. The highest BCUT2D eigenvalue weighted by atomic mass is 16.5. The monoisotopic (exact) mass is 253 g/mol. The molecule has 1 N–H and O–H groups in total. The number of ether oxygens (including phenoxy) is 1. The van der Waals surface area contributed by atoms with Crippen molar-refractivity contribution in [3.05, 3.63) is 59.9 Å². The summed E-state index contributed by atoms with van der Waals surface area (Å²) in [5, 5.41) is 12.5. The molecule has 0 radical (unpaired) electrons. The highest BCUT2D eigenvalue weighted by Crippen LogP contribution is 2.19. The molecule has 19 heavy (non-hydrogen) atoms. The summed E-state index contributed by atoms with van der Waals surface area (Å²) in [6.45, 7) is 0.623. The van der Waals surface area contributed by atoms with Gasteiger partial charge in [0.1, 0.15) is 11.8 Å². The fraction of sp³-hybridized carbons (Fsp3) is 0.200. The van der Waals surface area contributed by atoms with Gasteiger partial charge in [0, 0.05) is 18.9 Å². The minimum Gasteiger partial charge on any atom is -0.497 e. The number of hydrogen-bond donors (Lipinski definition) is 1. The fourth-order valence-electron chi connectivity index (χ4n) is 1.78. The quantitative estimate of drug-likeness (QED) is 0.889. The number of hydrogen-bond acceptors (Lipinski definition) is 4. The van der Waals surface area contributed by atoms with Crippen LogP contribution in [0, 0.1) is 11.3 Å². The number of rotatable bonds is 5. The second kappa shape index (κ2) is 6.53. The molecule has 0 saturated heterocycles. The van der Waals surface area contributed by atoms with Crippen molar-refractivity contribution < 1.29 is 4.74 Å². The SMILES string of the molecule is COc1cccc(C(C#N)NCc2ccncc2)c1. The van der Waals surface area contributed by atoms with Crippen molar-refractivity contribution in [2.24, 2.45) is 0 Å². The fourth-order valence-corrected chi connectivity index (χ4v) is 1.78. The first-order valence-electron chi connectivity index (χ1n) is 5.99. The van der Waals surface area contributed by atoms with E-state index in [1.165, 1.54) is 0 Å². The van der Waals surface area contributed by atoms with Gasteiger partial charge in [0.2, 0.25) is 0 Å². The van der Waals surface area contributed by atoms with Gasteiger partial charge in [-0.15, -0.1) is 0 Å². The van der Waals surface area contributed by atoms with E-state index >= 15 is 0 Å². The molecule has 2 aromatic rings. The van der Waals surface area contributed by atoms with Crippen LogP contribution >= 0.6 is 0 Å². The molecule has 0 aliphatic heterocycles. The van der Waals surface area contributed by atoms with Gasteiger partial charge in [0.15, 0.2) is 0 Å². The maximum absolute atomic E-state index is 9.26. The van der Waals surface area contributed by atoms with Gasteiger partial charge in [-0.1, -0.05) is 12.1 Å². The van der Waals surface area contributed by atoms with Crippen molar-refractivity contribution >= 4 is 0 Å². The molecule has 1 heterocycles. The van der Waals surface area contributed by atoms with Crippen LogP contribution in [0.5, 0.6) is 5.75 Å². The predicted octanol–water partition coefficient (Wildman–Crippen LogP) is 2.44. The first kappa shape index (κ1) is 13.1. The van der Waals surface area contributed by atoms with Gasteiger partial charge in [-0.2, -0.15) is 5.26 Å². The van der Waals surface area contributed by atoms with Gasteiger partial charge in [-0.3, -0.25) is 10.3 Å². The van der Waals surface area contributed by atoms with Gasteiger partial charge >= 0.3 is 0 Å². The minimum atomic E-state index is -0.358. The number of nitriles is 1. The van der Waals surface area contributed by atoms with E-state index in [9.17, 15) is 5.26 Å². The third kappa shape index (κ3) is 3.54. The maximum Gasteiger partial charge on any atom is 0.121 e. The van der Waals surface area contributed by atoms with Crippen molar-refractivity contribution in [3.63, 3.8) is 0 Å². The van der Waals surface area contributed by atoms with E-state index in [1.807, 2.05) is 36.4 Å². The van der Waals surface area contributed by atoms with E-state index in [0.717, 1.165) is 16.9 Å². The first-order valence-corrected chi connectivity index (χ1v) is 5.99. The summed E-state index contributed by atoms with van der Waals surface area (Å²) in [7, 11) is 1.62. The van der Waals surface area contributed by atoms with Crippen LogP contribution in [0.25, 0.3) is 0 Å². The van der Waals surface area contributed by atoms with E-state index in [0.29, 0.717) is 6.54 Å². The molecular formula is C15H15N3O. The molecule has 0 bridgehead atoms. The lowest BCUT2D eigenvalue weighted by atomic mass is 10.1. The number of aromatic nitrogens is 1. The zero-order valence-electron chi connectivity index (χ0n) is 10.7. The van der Waals surface area contributed by atoms with Crippen LogP contribution in [0.1, 0.15) is 17.2 Å². The topological polar surface area (TPSA) is 57.9 Å². The normalized spacial score (nSPS) is 11.6. The molecule has 1 aromatic carbocycles. The zero-order valence-corrected chi connectivity index (χ0v) is 10.7. The number of methoxy groups -OCH3 is 1. The van der Waals surface area contributed by atoms with E-state index in [-0.39, 0.29) is 6.04 Å². The van der Waals surface area contributed by atoms with Crippen molar-refractivity contribution in [2.45, 2.75) is 12.6 Å². The summed E-state index contributed by atoms with van der Waals surface area (Å²) < 4.78 is 5.17. The van der Waals surface area contributed by atoms with Crippen molar-refractivity contribution in [1.29, 1.82) is 5.26 Å². The van der Waals surface area contributed by atoms with Crippen LogP contribution in [0.15, 0.2) is 48.8 Å². The van der Waals surface area contributed by atoms with Gasteiger partial charge < -0.3 is 4.74 Å². The van der Waals surface area contributed by atoms with Crippen LogP contribution in [-0.2, 0) is 6.54 Å². The van der Waals surface area contributed by atoms with E-state index in [4.69, 9.17) is 4.74 Å². The Morgan fingerprint density at radius 3 is 2.79 bits per heavy atom. The predicted molar refractivity (Wildman–Crippen MR) is 72.4 cm³/mol. The summed E-state index contributed by atoms with van der Waals surface area (Å²) in [5.74, 6) is 0.753. The Morgan fingerprint density at radius 2 is 2.11 bits per heavy atom. The Hall–Kier alpha value is -2.38. The van der Waals surface area contributed by atoms with E-state index in [1.54, 1.807) is 19.5 Å². The number of pyridine rings is 1. The van der Waals surface area contributed by atoms with Gasteiger partial charge in [0.05, 0.1) is 13.2 Å². The Labute approximate surface area is 112 Å². The van der Waals surface area contributed by atoms with Crippen LogP contribution in [0.3, 0.4) is 0 Å². The van der Waals surface area contributed by atoms with Crippen molar-refractivity contribution in [1.82, 2.24) is 10.3 Å². The van der Waals surface area contributed by atoms with Crippen LogP contribution in [-0.4, -0.2) is 12.1 Å². The summed E-state index contributed by atoms with van der Waals surface area (Å²) in [5.41, 5.74) is 1.99. The Kier molecular flexibility index (Phi) is 4.49. The van der Waals surface area contributed by atoms with Gasteiger partial charge in [-0.25, -0.2) is 0 Å². The zero-order chi connectivity index (χ0) is 13.5. The highest BCUT2D eigenvalue weighted by molar-refractivity contribution is 5.33. The molecule has 1 unspecified atom stereocenters. The van der Waals surface area contributed by atoms with Crippen LogP contribution in [0.4, 0.5) is 0 Å². The van der Waals surface area contributed by atoms with Crippen molar-refractivity contribution in [3.8, 4) is 11.8 Å². The molecule has 0 amide bonds. The smallest absolute Gasteiger partial charge is 0.121 e. The van der Waals surface area contributed by atoms with Crippen molar-refractivity contribution in [2.75, 3.05) is 7.11 Å². The second-order valence-corrected chi connectivity index (χ2v) is 4.08. The average molecular weight is 253 g/mol. The molecule has 0 aliphatic carbocycles. The first-order chi connectivity index (χ1) is 9.33. The van der Waals surface area contributed by atoms with Gasteiger partial charge in [0.25, 0.3) is 0 Å².